The SMILES string of the molecule is Cc1cn(-c2c(Cl)cccc2Cl)c(=O)c2cnc(Nc3ccc(N4CCN(CCN(C)C)CC4)cc3)nc12. The standard InChI is InChI=1S/C28H31Cl2N7O/c1-19-18-37(26-23(29)5-4-6-24(26)30)27(38)22-17-31-28(33-25(19)22)32-20-7-9-21(10-8-20)36-15-13-35(14-16-36)12-11-34(2)3/h4-10,17-18H,11-16H2,1-3H3,(H,31,32,33). The van der Waals surface area contributed by atoms with E-state index in [-0.39, 0.29) is 5.56 Å². The highest BCUT2D eigenvalue weighted by atomic mass is 35.5. The van der Waals surface area contributed by atoms with Crippen LogP contribution in [-0.2, 0) is 0 Å². The highest BCUT2D eigenvalue weighted by Gasteiger charge is 2.18. The number of nitrogens with one attached hydrogen (secondary N) is 1. The molecule has 1 aliphatic rings. The Morgan fingerprint density at radius 3 is 2.34 bits per heavy atom. The first-order valence-corrected chi connectivity index (χ1v) is 13.4. The number of nitrogens with zero attached hydrogens (tertiary/aromatic N) is 6. The summed E-state index contributed by atoms with van der Waals surface area (Å²) < 4.78 is 1.46. The van der Waals surface area contributed by atoms with Gasteiger partial charge in [-0.3, -0.25) is 14.3 Å². The van der Waals surface area contributed by atoms with Crippen molar-refractivity contribution >= 4 is 51.4 Å². The van der Waals surface area contributed by atoms with Crippen molar-refractivity contribution in [3.63, 3.8) is 0 Å². The number of halogens is 2. The molecule has 0 spiro atoms. The number of hydrogen-bond acceptors (Lipinski definition) is 7. The molecule has 198 valence electrons. The van der Waals surface area contributed by atoms with E-state index in [0.717, 1.165) is 50.5 Å². The summed E-state index contributed by atoms with van der Waals surface area (Å²) in [6.07, 6.45) is 3.26. The molecule has 0 bridgehead atoms. The molecule has 1 saturated heterocycles. The van der Waals surface area contributed by atoms with Gasteiger partial charge in [0.2, 0.25) is 5.95 Å². The average molecular weight is 553 g/mol. The summed E-state index contributed by atoms with van der Waals surface area (Å²) in [5, 5.41) is 4.45. The summed E-state index contributed by atoms with van der Waals surface area (Å²) in [5.74, 6) is 0.427. The lowest BCUT2D eigenvalue weighted by Crippen LogP contribution is -2.48. The topological polar surface area (TPSA) is 69.5 Å². The van der Waals surface area contributed by atoms with Crippen LogP contribution in [0, 0.1) is 6.92 Å². The van der Waals surface area contributed by atoms with Gasteiger partial charge >= 0.3 is 0 Å². The van der Waals surface area contributed by atoms with E-state index in [0.29, 0.717) is 32.6 Å². The molecule has 1 aliphatic heterocycles. The molecular weight excluding hydrogens is 521 g/mol. The molecule has 38 heavy (non-hydrogen) atoms. The number of hydrogen-bond donors (Lipinski definition) is 1. The molecule has 0 aliphatic carbocycles. The third-order valence-corrected chi connectivity index (χ3v) is 7.45. The number of pyridine rings is 1. The number of aryl methyl sites for hydroxylation is 1. The van der Waals surface area contributed by atoms with Crippen LogP contribution in [0.1, 0.15) is 5.56 Å². The van der Waals surface area contributed by atoms with Crippen molar-refractivity contribution in [2.45, 2.75) is 6.92 Å². The molecule has 0 amide bonds. The third-order valence-electron chi connectivity index (χ3n) is 6.84. The van der Waals surface area contributed by atoms with Crippen LogP contribution in [0.3, 0.4) is 0 Å². The van der Waals surface area contributed by atoms with E-state index in [1.165, 1.54) is 10.3 Å². The van der Waals surface area contributed by atoms with Crippen molar-refractivity contribution in [3.05, 3.63) is 80.8 Å². The molecule has 0 saturated carbocycles. The third kappa shape index (κ3) is 5.63. The Kier molecular flexibility index (Phi) is 7.85. The summed E-state index contributed by atoms with van der Waals surface area (Å²) in [6, 6.07) is 13.5. The Morgan fingerprint density at radius 2 is 1.68 bits per heavy atom. The average Bonchev–Trinajstić information content (AvgIpc) is 2.91. The van der Waals surface area contributed by atoms with E-state index >= 15 is 0 Å². The first-order valence-electron chi connectivity index (χ1n) is 12.6. The highest BCUT2D eigenvalue weighted by Crippen LogP contribution is 2.29. The zero-order chi connectivity index (χ0) is 26.8. The number of likely N-dealkylation sites (N-methyl/N-ethyl adjacent to an activating group) is 1. The Morgan fingerprint density at radius 1 is 1.00 bits per heavy atom. The summed E-state index contributed by atoms with van der Waals surface area (Å²) in [7, 11) is 4.23. The fraction of sp³-hybridized carbons (Fsp3) is 0.321. The summed E-state index contributed by atoms with van der Waals surface area (Å²) in [4.78, 5) is 29.5. The molecule has 3 heterocycles. The molecule has 1 fully saturated rings. The number of rotatable bonds is 7. The van der Waals surface area contributed by atoms with Crippen molar-refractivity contribution in [2.75, 3.05) is 63.6 Å². The van der Waals surface area contributed by atoms with E-state index in [1.807, 2.05) is 19.1 Å². The maximum absolute atomic E-state index is 13.3. The first-order chi connectivity index (χ1) is 18.3. The van der Waals surface area contributed by atoms with Crippen LogP contribution < -0.4 is 15.8 Å². The molecule has 0 unspecified atom stereocenters. The normalized spacial score (nSPS) is 14.4. The van der Waals surface area contributed by atoms with Gasteiger partial charge in [-0.05, 0) is 63.0 Å². The summed E-state index contributed by atoms with van der Waals surface area (Å²) in [6.45, 7) is 8.27. The predicted octanol–water partition coefficient (Wildman–Crippen LogP) is 4.82. The van der Waals surface area contributed by atoms with Crippen LogP contribution in [0.15, 0.2) is 59.7 Å². The van der Waals surface area contributed by atoms with E-state index < -0.39 is 0 Å². The van der Waals surface area contributed by atoms with Gasteiger partial charge < -0.3 is 15.1 Å². The number of aromatic nitrogens is 3. The van der Waals surface area contributed by atoms with Crippen molar-refractivity contribution < 1.29 is 0 Å². The molecule has 2 aromatic heterocycles. The van der Waals surface area contributed by atoms with Crippen molar-refractivity contribution in [1.82, 2.24) is 24.3 Å². The molecule has 1 N–H and O–H groups in total. The predicted molar refractivity (Wildman–Crippen MR) is 157 cm³/mol. The zero-order valence-electron chi connectivity index (χ0n) is 21.8. The fourth-order valence-corrected chi connectivity index (χ4v) is 5.26. The number of piperazine rings is 1. The maximum Gasteiger partial charge on any atom is 0.266 e. The molecule has 0 atom stereocenters. The summed E-state index contributed by atoms with van der Waals surface area (Å²) >= 11 is 12.7. The molecule has 0 radical (unpaired) electrons. The van der Waals surface area contributed by atoms with E-state index in [9.17, 15) is 4.79 Å². The second-order valence-electron chi connectivity index (χ2n) is 9.82. The second kappa shape index (κ2) is 11.3. The van der Waals surface area contributed by atoms with Gasteiger partial charge in [0.25, 0.3) is 5.56 Å². The van der Waals surface area contributed by atoms with Gasteiger partial charge in [0.05, 0.1) is 26.6 Å². The van der Waals surface area contributed by atoms with E-state index in [1.54, 1.807) is 30.6 Å². The lowest BCUT2D eigenvalue weighted by molar-refractivity contribution is 0.229. The maximum atomic E-state index is 13.3. The Bertz CT molecular complexity index is 1480. The quantitative estimate of drug-likeness (QED) is 0.353. The van der Waals surface area contributed by atoms with Gasteiger partial charge in [0.15, 0.2) is 0 Å². The number of benzene rings is 2. The number of fused-ring (bicyclic) bond motifs is 1. The van der Waals surface area contributed by atoms with Crippen LogP contribution in [0.2, 0.25) is 10.0 Å². The Labute approximate surface area is 232 Å². The van der Waals surface area contributed by atoms with Gasteiger partial charge in [0, 0.05) is 63.0 Å². The lowest BCUT2D eigenvalue weighted by atomic mass is 10.2. The number of anilines is 3. The second-order valence-corrected chi connectivity index (χ2v) is 10.6. The fourth-order valence-electron chi connectivity index (χ4n) is 4.68. The van der Waals surface area contributed by atoms with Crippen LogP contribution in [0.4, 0.5) is 17.3 Å². The largest absolute Gasteiger partial charge is 0.369 e. The smallest absolute Gasteiger partial charge is 0.266 e. The molecule has 2 aromatic carbocycles. The molecular formula is C28H31Cl2N7O. The molecule has 10 heteroatoms. The first kappa shape index (κ1) is 26.4. The highest BCUT2D eigenvalue weighted by molar-refractivity contribution is 6.37. The van der Waals surface area contributed by atoms with Crippen LogP contribution in [-0.4, -0.2) is 77.7 Å². The number of para-hydroxylation sites is 1. The van der Waals surface area contributed by atoms with E-state index in [4.69, 9.17) is 23.2 Å². The minimum Gasteiger partial charge on any atom is -0.369 e. The molecule has 4 aromatic rings. The van der Waals surface area contributed by atoms with Gasteiger partial charge in [0.1, 0.15) is 0 Å². The van der Waals surface area contributed by atoms with Gasteiger partial charge in [-0.2, -0.15) is 0 Å². The molecule has 5 rings (SSSR count). The Balaban J connectivity index is 1.31. The van der Waals surface area contributed by atoms with Crippen molar-refractivity contribution in [3.8, 4) is 5.69 Å². The lowest BCUT2D eigenvalue weighted by Gasteiger charge is -2.36. The Hall–Kier alpha value is -3.17. The van der Waals surface area contributed by atoms with Crippen molar-refractivity contribution in [1.29, 1.82) is 0 Å². The minimum atomic E-state index is -0.279. The van der Waals surface area contributed by atoms with Crippen LogP contribution in [0.5, 0.6) is 0 Å². The summed E-state index contributed by atoms with van der Waals surface area (Å²) in [5.41, 5.74) is 3.64. The van der Waals surface area contributed by atoms with Gasteiger partial charge in [-0.15, -0.1) is 0 Å². The minimum absolute atomic E-state index is 0.279. The van der Waals surface area contributed by atoms with Gasteiger partial charge in [-0.25, -0.2) is 9.97 Å². The van der Waals surface area contributed by atoms with Crippen LogP contribution in [0.25, 0.3) is 16.6 Å². The molecule has 8 nitrogen and oxygen atoms in total. The van der Waals surface area contributed by atoms with Crippen molar-refractivity contribution in [2.24, 2.45) is 0 Å². The van der Waals surface area contributed by atoms with Crippen LogP contribution >= 0.6 is 23.2 Å². The van der Waals surface area contributed by atoms with E-state index in [2.05, 4.69) is 56.2 Å². The monoisotopic (exact) mass is 551 g/mol. The zero-order valence-corrected chi connectivity index (χ0v) is 23.3. The van der Waals surface area contributed by atoms with Gasteiger partial charge in [-0.1, -0.05) is 29.3 Å².